The number of pyridine rings is 1. The van der Waals surface area contributed by atoms with E-state index in [1.165, 1.54) is 0 Å². The van der Waals surface area contributed by atoms with Crippen LogP contribution in [0.4, 0.5) is 0 Å². The highest BCUT2D eigenvalue weighted by Gasteiger charge is 2.26. The number of aromatic nitrogens is 1. The third kappa shape index (κ3) is 8.19. The van der Waals surface area contributed by atoms with Crippen LogP contribution in [0, 0.1) is 13.8 Å². The minimum atomic E-state index is 0.103. The number of para-hydroxylation sites is 1. The Kier molecular flexibility index (Phi) is 14.6. The second-order valence-corrected chi connectivity index (χ2v) is 50.0. The molecule has 14 heteroatoms. The average molecular weight is 571 g/mol. The van der Waals surface area contributed by atoms with Gasteiger partial charge in [0.05, 0.1) is 5.52 Å². The Hall–Kier alpha value is 3.46. The molecule has 0 saturated heterocycles. The minimum Gasteiger partial charge on any atom is -0.298 e. The van der Waals surface area contributed by atoms with Crippen molar-refractivity contribution < 1.29 is 4.79 Å². The number of rotatable bonds is 5. The summed E-state index contributed by atoms with van der Waals surface area (Å²) in [6, 6.07) is 7.71. The van der Waals surface area contributed by atoms with Gasteiger partial charge in [-0.05, 0) is 60.4 Å². The largest absolute Gasteiger partial charge is 0.298 e. The molecular weight excluding hydrogens is 546 g/mol. The molecule has 1 heterocycles. The summed E-state index contributed by atoms with van der Waals surface area (Å²) in [6.45, 7) is 4.55. The van der Waals surface area contributed by atoms with Gasteiger partial charge in [0.2, 0.25) is 0 Å². The zero-order valence-corrected chi connectivity index (χ0v) is 27.1. The third-order valence-electron chi connectivity index (χ3n) is 3.38. The van der Waals surface area contributed by atoms with E-state index in [2.05, 4.69) is 67.5 Å². The van der Waals surface area contributed by atoms with Crippen molar-refractivity contribution in [3.63, 3.8) is 0 Å². The molecule has 0 amide bonds. The molecule has 8 unspecified atom stereocenters. The first-order valence-corrected chi connectivity index (χ1v) is 28.0. The van der Waals surface area contributed by atoms with Crippen LogP contribution in [0.25, 0.3) is 10.9 Å². The SMILES string of the molecule is Cc1nc2ccccc2c(C=O)c1C.PP(P)P(P)P(P(P)P)P(P)P. The lowest BCUT2D eigenvalue weighted by Crippen LogP contribution is -1.96. The Morgan fingerprint density at radius 1 is 0.885 bits per heavy atom. The second kappa shape index (κ2) is 13.8. The lowest BCUT2D eigenvalue weighted by atomic mass is 10.0. The van der Waals surface area contributed by atoms with E-state index in [0.29, 0.717) is 0 Å². The molecule has 0 radical (unpaired) electrons. The van der Waals surface area contributed by atoms with Gasteiger partial charge in [-0.3, -0.25) is 9.78 Å². The fourth-order valence-electron chi connectivity index (χ4n) is 2.04. The molecule has 2 rings (SSSR count). The lowest BCUT2D eigenvalue weighted by molar-refractivity contribution is 0.112. The van der Waals surface area contributed by atoms with Gasteiger partial charge in [-0.25, -0.2) is 0 Å². The van der Waals surface area contributed by atoms with Gasteiger partial charge >= 0.3 is 0 Å². The minimum absolute atomic E-state index is 0.103. The van der Waals surface area contributed by atoms with Crippen LogP contribution in [-0.2, 0) is 0 Å². The van der Waals surface area contributed by atoms with E-state index < -0.39 is 0 Å². The summed E-state index contributed by atoms with van der Waals surface area (Å²) in [4.78, 5) is 15.4. The maximum Gasteiger partial charge on any atom is 0.151 e. The molecule has 0 N–H and O–H groups in total. The van der Waals surface area contributed by atoms with Gasteiger partial charge in [-0.1, -0.05) is 18.2 Å². The number of benzene rings is 1. The molecule has 144 valence electrons. The van der Waals surface area contributed by atoms with Crippen LogP contribution >= 0.6 is 97.4 Å². The van der Waals surface area contributed by atoms with Crippen molar-refractivity contribution in [2.75, 3.05) is 0 Å². The van der Waals surface area contributed by atoms with Crippen molar-refractivity contribution >= 4 is 115 Å². The van der Waals surface area contributed by atoms with Crippen LogP contribution in [0.5, 0.6) is 0 Å². The predicted molar refractivity (Wildman–Crippen MR) is 159 cm³/mol. The quantitative estimate of drug-likeness (QED) is 0.265. The number of hydrogen-bond donors (Lipinski definition) is 0. The summed E-state index contributed by atoms with van der Waals surface area (Å²) in [5.41, 5.74) is 3.54. The van der Waals surface area contributed by atoms with Crippen LogP contribution in [0.3, 0.4) is 0 Å². The number of nitrogens with zero attached hydrogens (tertiary/aromatic N) is 1. The van der Waals surface area contributed by atoms with Gasteiger partial charge < -0.3 is 0 Å². The Morgan fingerprint density at radius 3 is 1.85 bits per heavy atom. The van der Waals surface area contributed by atoms with Gasteiger partial charge in [0.1, 0.15) is 0 Å². The van der Waals surface area contributed by atoms with Crippen molar-refractivity contribution in [2.24, 2.45) is 0 Å². The number of carbonyl (C=O) groups excluding carboxylic acids is 1. The van der Waals surface area contributed by atoms with E-state index in [4.69, 9.17) is 0 Å². The van der Waals surface area contributed by atoms with E-state index >= 15 is 0 Å². The number of fused-ring (bicyclic) bond motifs is 1. The van der Waals surface area contributed by atoms with Gasteiger partial charge in [-0.15, -0.1) is 62.5 Å². The van der Waals surface area contributed by atoms with Crippen LogP contribution in [0.2, 0.25) is 0 Å². The molecule has 0 fully saturated rings. The molecule has 1 aromatic heterocycles. The summed E-state index contributed by atoms with van der Waals surface area (Å²) < 4.78 is 0. The Bertz CT molecular complexity index is 731. The maximum absolute atomic E-state index is 11.0. The first kappa shape index (κ1) is 27.5. The van der Waals surface area contributed by atoms with Crippen LogP contribution in [0.1, 0.15) is 21.6 Å². The van der Waals surface area contributed by atoms with Crippen molar-refractivity contribution in [2.45, 2.75) is 13.8 Å². The zero-order valence-electron chi connectivity index (χ0n) is 14.5. The molecule has 0 aliphatic carbocycles. The molecule has 0 bridgehead atoms. The van der Waals surface area contributed by atoms with E-state index in [9.17, 15) is 4.79 Å². The highest BCUT2D eigenvalue weighted by atomic mass is 33.3. The number of aryl methyl sites for hydroxylation is 1. The van der Waals surface area contributed by atoms with Gasteiger partial charge in [-0.2, -0.15) is 0 Å². The molecule has 0 aliphatic heterocycles. The molecule has 2 nitrogen and oxygen atoms in total. The lowest BCUT2D eigenvalue weighted by Gasteiger charge is -2.32. The zero-order chi connectivity index (χ0) is 20.0. The van der Waals surface area contributed by atoms with E-state index in [-0.39, 0.29) is 34.9 Å². The Morgan fingerprint density at radius 2 is 1.42 bits per heavy atom. The molecular formula is C12H25NOP12. The second-order valence-electron chi connectivity index (χ2n) is 5.10. The maximum atomic E-state index is 11.0. The van der Waals surface area contributed by atoms with E-state index in [1.807, 2.05) is 38.1 Å². The highest BCUT2D eigenvalue weighted by molar-refractivity contribution is 9.21. The summed E-state index contributed by atoms with van der Waals surface area (Å²) >= 11 is 0. The smallest absolute Gasteiger partial charge is 0.151 e. The van der Waals surface area contributed by atoms with Gasteiger partial charge in [0, 0.05) is 16.6 Å². The third-order valence-corrected chi connectivity index (χ3v) is 70.0. The van der Waals surface area contributed by atoms with Crippen LogP contribution < -0.4 is 0 Å². The number of carbonyl (C=O) groups is 1. The number of hydrogen-bond acceptors (Lipinski definition) is 2. The first-order chi connectivity index (χ1) is 12.1. The molecule has 0 aliphatic rings. The fraction of sp³-hybridized carbons (Fsp3) is 0.167. The standard InChI is InChI=1S/C12H11NO.H14P12/c1-8-9(2)13-12-6-4-3-5-10(12)11(8)7-14;1-8(2)11(7)12(9(3)4)10(5)6/h3-7H,1-2H3;1-7H2. The Labute approximate surface area is 178 Å². The van der Waals surface area contributed by atoms with Crippen molar-refractivity contribution in [1.82, 2.24) is 4.98 Å². The van der Waals surface area contributed by atoms with Crippen LogP contribution in [0.15, 0.2) is 24.3 Å². The van der Waals surface area contributed by atoms with Gasteiger partial charge in [0.15, 0.2) is 6.29 Å². The van der Waals surface area contributed by atoms with E-state index in [0.717, 1.165) is 34.0 Å². The Balaban J connectivity index is 0.000000265. The van der Waals surface area contributed by atoms with Crippen molar-refractivity contribution in [3.8, 4) is 0 Å². The monoisotopic (exact) mass is 571 g/mol. The van der Waals surface area contributed by atoms with E-state index in [1.54, 1.807) is 0 Å². The van der Waals surface area contributed by atoms with Gasteiger partial charge in [0.25, 0.3) is 0 Å². The molecule has 0 spiro atoms. The molecule has 2 aromatic rings. The fourth-order valence-corrected chi connectivity index (χ4v) is 104. The summed E-state index contributed by atoms with van der Waals surface area (Å²) in [7, 11) is 21.0. The summed E-state index contributed by atoms with van der Waals surface area (Å²) in [5.74, 6) is 0. The summed E-state index contributed by atoms with van der Waals surface area (Å²) in [5, 5.41) is 0.936. The molecule has 26 heavy (non-hydrogen) atoms. The van der Waals surface area contributed by atoms with Crippen molar-refractivity contribution in [1.29, 1.82) is 0 Å². The molecule has 0 saturated carbocycles. The normalized spacial score (nSPS) is 12.7. The number of aldehydes is 1. The van der Waals surface area contributed by atoms with Crippen LogP contribution in [-0.4, -0.2) is 11.3 Å². The highest BCUT2D eigenvalue weighted by Crippen LogP contribution is 3.16. The first-order valence-electron chi connectivity index (χ1n) is 7.16. The average Bonchev–Trinajstić information content (AvgIpc) is 2.56. The predicted octanol–water partition coefficient (Wildman–Crippen LogP) is 9.25. The molecule has 8 atom stereocenters. The molecule has 1 aromatic carbocycles. The summed E-state index contributed by atoms with van der Waals surface area (Å²) in [6.07, 6.45) is 0.909. The topological polar surface area (TPSA) is 30.0 Å². The van der Waals surface area contributed by atoms with Crippen molar-refractivity contribution in [3.05, 3.63) is 41.1 Å².